The quantitative estimate of drug-likeness (QED) is 0.774. The summed E-state index contributed by atoms with van der Waals surface area (Å²) >= 11 is 0. The third-order valence-corrected chi connectivity index (χ3v) is 3.89. The van der Waals surface area contributed by atoms with Gasteiger partial charge in [-0.25, -0.2) is 4.39 Å². The molecule has 0 bridgehead atoms. The lowest BCUT2D eigenvalue weighted by molar-refractivity contribution is -0.128. The highest BCUT2D eigenvalue weighted by Crippen LogP contribution is 2.19. The molecule has 0 fully saturated rings. The van der Waals surface area contributed by atoms with Crippen molar-refractivity contribution >= 4 is 5.91 Å². The van der Waals surface area contributed by atoms with Crippen molar-refractivity contribution in [3.63, 3.8) is 0 Å². The van der Waals surface area contributed by atoms with E-state index < -0.39 is 6.10 Å². The van der Waals surface area contributed by atoms with Gasteiger partial charge in [0.05, 0.1) is 0 Å². The third kappa shape index (κ3) is 5.17. The Morgan fingerprint density at radius 2 is 2.09 bits per heavy atom. The molecule has 1 atom stereocenters. The zero-order valence-corrected chi connectivity index (χ0v) is 13.1. The first kappa shape index (κ1) is 16.5. The van der Waals surface area contributed by atoms with E-state index in [1.54, 1.807) is 0 Å². The van der Waals surface area contributed by atoms with E-state index in [4.69, 9.17) is 4.74 Å². The Hall–Kier alpha value is -1.84. The Morgan fingerprint density at radius 3 is 2.73 bits per heavy atom. The van der Waals surface area contributed by atoms with Crippen molar-refractivity contribution in [1.82, 2.24) is 5.32 Å². The van der Waals surface area contributed by atoms with E-state index in [-0.39, 0.29) is 11.7 Å². The van der Waals surface area contributed by atoms with E-state index in [2.05, 4.69) is 11.4 Å². The monoisotopic (exact) mass is 305 g/mol. The fraction of sp³-hybridized carbons (Fsp3) is 0.500. The number of carbonyl (C=O) groups excluding carboxylic acids is 1. The van der Waals surface area contributed by atoms with Crippen LogP contribution in [0.3, 0.4) is 0 Å². The predicted molar refractivity (Wildman–Crippen MR) is 85.3 cm³/mol. The van der Waals surface area contributed by atoms with Gasteiger partial charge in [-0.15, -0.1) is 0 Å². The van der Waals surface area contributed by atoms with Crippen LogP contribution in [0.15, 0.2) is 35.9 Å². The van der Waals surface area contributed by atoms with Gasteiger partial charge in [0, 0.05) is 6.54 Å². The van der Waals surface area contributed by atoms with Crippen LogP contribution in [-0.2, 0) is 4.79 Å². The fourth-order valence-electron chi connectivity index (χ4n) is 2.59. The van der Waals surface area contributed by atoms with E-state index >= 15 is 0 Å². The Morgan fingerprint density at radius 1 is 1.32 bits per heavy atom. The molecule has 0 heterocycles. The van der Waals surface area contributed by atoms with Crippen molar-refractivity contribution in [2.24, 2.45) is 0 Å². The molecule has 0 aromatic heterocycles. The van der Waals surface area contributed by atoms with Crippen LogP contribution >= 0.6 is 0 Å². The lowest BCUT2D eigenvalue weighted by Crippen LogP contribution is -2.38. The average Bonchev–Trinajstić information content (AvgIpc) is 2.55. The fourth-order valence-corrected chi connectivity index (χ4v) is 2.59. The van der Waals surface area contributed by atoms with Gasteiger partial charge >= 0.3 is 0 Å². The van der Waals surface area contributed by atoms with Crippen LogP contribution < -0.4 is 10.1 Å². The van der Waals surface area contributed by atoms with Gasteiger partial charge in [0.15, 0.2) is 6.10 Å². The molecule has 0 spiro atoms. The van der Waals surface area contributed by atoms with Gasteiger partial charge in [0.2, 0.25) is 0 Å². The molecule has 0 unspecified atom stereocenters. The second-order valence-corrected chi connectivity index (χ2v) is 5.62. The summed E-state index contributed by atoms with van der Waals surface area (Å²) in [4.78, 5) is 12.2. The summed E-state index contributed by atoms with van der Waals surface area (Å²) in [6, 6.07) is 5.74. The maximum Gasteiger partial charge on any atom is 0.261 e. The first-order valence-electron chi connectivity index (χ1n) is 8.07. The van der Waals surface area contributed by atoms with Crippen molar-refractivity contribution in [2.75, 3.05) is 6.54 Å². The van der Waals surface area contributed by atoms with Crippen LogP contribution in [0, 0.1) is 5.82 Å². The van der Waals surface area contributed by atoms with Crippen LogP contribution in [0.2, 0.25) is 0 Å². The molecule has 0 saturated carbocycles. The van der Waals surface area contributed by atoms with Crippen molar-refractivity contribution in [3.8, 4) is 5.75 Å². The minimum Gasteiger partial charge on any atom is -0.481 e. The molecule has 3 nitrogen and oxygen atoms in total. The second kappa shape index (κ2) is 8.57. The van der Waals surface area contributed by atoms with Crippen molar-refractivity contribution in [3.05, 3.63) is 41.7 Å². The molecule has 1 aliphatic carbocycles. The largest absolute Gasteiger partial charge is 0.481 e. The van der Waals surface area contributed by atoms with Gasteiger partial charge < -0.3 is 10.1 Å². The van der Waals surface area contributed by atoms with E-state index in [0.717, 1.165) is 19.3 Å². The molecule has 0 aliphatic heterocycles. The SMILES string of the molecule is CC[C@H](Oc1ccc(F)cc1)C(=O)NCCC1=CCCCC1. The first-order chi connectivity index (χ1) is 10.7. The zero-order valence-electron chi connectivity index (χ0n) is 13.1. The molecule has 1 aromatic rings. The van der Waals surface area contributed by atoms with Gasteiger partial charge in [-0.05, 0) is 62.8 Å². The zero-order chi connectivity index (χ0) is 15.8. The average molecular weight is 305 g/mol. The van der Waals surface area contributed by atoms with Crippen LogP contribution in [0.4, 0.5) is 4.39 Å². The molecule has 1 aliphatic rings. The minimum atomic E-state index is -0.536. The number of ether oxygens (including phenoxy) is 1. The normalized spacial score (nSPS) is 15.8. The Balaban J connectivity index is 1.78. The molecule has 4 heteroatoms. The van der Waals surface area contributed by atoms with E-state index in [1.165, 1.54) is 42.7 Å². The summed E-state index contributed by atoms with van der Waals surface area (Å²) in [5.74, 6) is 0.0900. The lowest BCUT2D eigenvalue weighted by Gasteiger charge is -2.18. The van der Waals surface area contributed by atoms with Crippen LogP contribution in [0.5, 0.6) is 5.75 Å². The molecule has 22 heavy (non-hydrogen) atoms. The van der Waals surface area contributed by atoms with Gasteiger partial charge in [0.25, 0.3) is 5.91 Å². The second-order valence-electron chi connectivity index (χ2n) is 5.62. The van der Waals surface area contributed by atoms with Crippen molar-refractivity contribution in [2.45, 2.75) is 51.6 Å². The summed E-state index contributed by atoms with van der Waals surface area (Å²) in [5.41, 5.74) is 1.44. The van der Waals surface area contributed by atoms with E-state index in [1.807, 2.05) is 6.92 Å². The van der Waals surface area contributed by atoms with Crippen molar-refractivity contribution in [1.29, 1.82) is 0 Å². The number of hydrogen-bond donors (Lipinski definition) is 1. The number of benzene rings is 1. The molecule has 0 radical (unpaired) electrons. The molecule has 1 aromatic carbocycles. The van der Waals surface area contributed by atoms with Gasteiger partial charge in [0.1, 0.15) is 11.6 Å². The lowest BCUT2D eigenvalue weighted by atomic mass is 9.97. The summed E-state index contributed by atoms with van der Waals surface area (Å²) in [6.07, 6.45) is 8.09. The molecule has 2 rings (SSSR count). The molecule has 0 saturated heterocycles. The highest BCUT2D eigenvalue weighted by Gasteiger charge is 2.18. The van der Waals surface area contributed by atoms with E-state index in [9.17, 15) is 9.18 Å². The Labute approximate surface area is 131 Å². The number of rotatable bonds is 7. The standard InChI is InChI=1S/C18H24FNO2/c1-2-17(22-16-10-8-15(19)9-11-16)18(21)20-13-12-14-6-4-3-5-7-14/h6,8-11,17H,2-5,7,12-13H2,1H3,(H,20,21)/t17-/m0/s1. The highest BCUT2D eigenvalue weighted by molar-refractivity contribution is 5.81. The number of allylic oxidation sites excluding steroid dienone is 1. The number of hydrogen-bond acceptors (Lipinski definition) is 2. The topological polar surface area (TPSA) is 38.3 Å². The maximum absolute atomic E-state index is 12.9. The Bertz CT molecular complexity index is 510. The summed E-state index contributed by atoms with van der Waals surface area (Å²) < 4.78 is 18.5. The highest BCUT2D eigenvalue weighted by atomic mass is 19.1. The smallest absolute Gasteiger partial charge is 0.261 e. The van der Waals surface area contributed by atoms with Crippen LogP contribution in [-0.4, -0.2) is 18.6 Å². The van der Waals surface area contributed by atoms with Gasteiger partial charge in [-0.1, -0.05) is 18.6 Å². The number of amides is 1. The van der Waals surface area contributed by atoms with E-state index in [0.29, 0.717) is 18.7 Å². The summed E-state index contributed by atoms with van der Waals surface area (Å²) in [5, 5.41) is 2.93. The molecule has 120 valence electrons. The van der Waals surface area contributed by atoms with Gasteiger partial charge in [-0.3, -0.25) is 4.79 Å². The first-order valence-corrected chi connectivity index (χ1v) is 8.07. The molecular formula is C18H24FNO2. The van der Waals surface area contributed by atoms with Crippen molar-refractivity contribution < 1.29 is 13.9 Å². The minimum absolute atomic E-state index is 0.108. The molecule has 1 amide bonds. The third-order valence-electron chi connectivity index (χ3n) is 3.89. The summed E-state index contributed by atoms with van der Waals surface area (Å²) in [6.45, 7) is 2.55. The molecular weight excluding hydrogens is 281 g/mol. The maximum atomic E-state index is 12.9. The number of carbonyl (C=O) groups is 1. The predicted octanol–water partition coefficient (Wildman–Crippen LogP) is 3.99. The van der Waals surface area contributed by atoms with Crippen LogP contribution in [0.25, 0.3) is 0 Å². The molecule has 1 N–H and O–H groups in total. The summed E-state index contributed by atoms with van der Waals surface area (Å²) in [7, 11) is 0. The Kier molecular flexibility index (Phi) is 6.44. The number of nitrogens with one attached hydrogen (secondary N) is 1. The van der Waals surface area contributed by atoms with Gasteiger partial charge in [-0.2, -0.15) is 0 Å². The number of halogens is 1. The van der Waals surface area contributed by atoms with Crippen LogP contribution in [0.1, 0.15) is 45.4 Å².